The topological polar surface area (TPSA) is 52.6 Å². The second-order valence-electron chi connectivity index (χ2n) is 6.37. The first-order valence-electron chi connectivity index (χ1n) is 10.2. The normalized spacial score (nSPS) is 11.8. The predicted molar refractivity (Wildman–Crippen MR) is 102 cm³/mol. The van der Waals surface area contributed by atoms with Gasteiger partial charge in [-0.2, -0.15) is 0 Å². The summed E-state index contributed by atoms with van der Waals surface area (Å²) in [5.74, 6) is -0.702. The summed E-state index contributed by atoms with van der Waals surface area (Å²) in [6.45, 7) is 8.57. The summed E-state index contributed by atoms with van der Waals surface area (Å²) in [7, 11) is 0. The Balaban J connectivity index is 5.16. The van der Waals surface area contributed by atoms with Gasteiger partial charge in [-0.15, -0.1) is 0 Å². The monoisotopic (exact) mass is 354 g/mol. The average Bonchev–Trinajstić information content (AvgIpc) is 2.59. The molecule has 4 nitrogen and oxygen atoms in total. The average molecular weight is 355 g/mol. The van der Waals surface area contributed by atoms with Crippen molar-refractivity contribution >= 4 is 11.9 Å². The van der Waals surface area contributed by atoms with Crippen LogP contribution in [-0.4, -0.2) is 25.2 Å². The van der Waals surface area contributed by atoms with Crippen LogP contribution in [0.3, 0.4) is 0 Å². The van der Waals surface area contributed by atoms with Crippen LogP contribution in [0.2, 0.25) is 0 Å². The molecule has 0 spiro atoms. The van der Waals surface area contributed by atoms with E-state index in [1.54, 1.807) is 13.8 Å². The van der Waals surface area contributed by atoms with Gasteiger partial charge in [0.1, 0.15) is 0 Å². The van der Waals surface area contributed by atoms with E-state index >= 15 is 0 Å². The van der Waals surface area contributed by atoms with Crippen LogP contribution in [0.15, 0.2) is 11.1 Å². The predicted octanol–water partition coefficient (Wildman–Crippen LogP) is 5.74. The molecule has 0 aromatic heterocycles. The van der Waals surface area contributed by atoms with Crippen LogP contribution < -0.4 is 0 Å². The standard InChI is InChI=1S/C21H38O4/c1-5-9-11-13-15-17-19(21(23)25-8-4)18(20(22)24-7-3)16-14-12-10-6-2/h5-17H2,1-4H3/b19-18-. The van der Waals surface area contributed by atoms with Gasteiger partial charge in [-0.3, -0.25) is 0 Å². The molecule has 0 aliphatic rings. The van der Waals surface area contributed by atoms with Crippen molar-refractivity contribution < 1.29 is 19.1 Å². The third-order valence-corrected chi connectivity index (χ3v) is 4.22. The molecule has 0 rings (SSSR count). The molecule has 0 bridgehead atoms. The first-order chi connectivity index (χ1) is 12.1. The Bertz CT molecular complexity index is 399. The highest BCUT2D eigenvalue weighted by atomic mass is 16.5. The van der Waals surface area contributed by atoms with Crippen molar-refractivity contribution in [3.63, 3.8) is 0 Å². The fourth-order valence-electron chi connectivity index (χ4n) is 2.82. The summed E-state index contributed by atoms with van der Waals surface area (Å²) in [6.07, 6.45) is 11.0. The summed E-state index contributed by atoms with van der Waals surface area (Å²) in [4.78, 5) is 24.8. The number of unbranched alkanes of at least 4 members (excludes halogenated alkanes) is 7. The van der Waals surface area contributed by atoms with E-state index in [4.69, 9.17) is 9.47 Å². The zero-order valence-corrected chi connectivity index (χ0v) is 16.8. The fourth-order valence-corrected chi connectivity index (χ4v) is 2.82. The SMILES string of the molecule is CCCCCCC/C(C(=O)OCC)=C(\CCCCCC)C(=O)OCC. The summed E-state index contributed by atoms with van der Waals surface area (Å²) in [5, 5.41) is 0. The highest BCUT2D eigenvalue weighted by Gasteiger charge is 2.22. The van der Waals surface area contributed by atoms with Crippen LogP contribution in [-0.2, 0) is 19.1 Å². The molecule has 0 radical (unpaired) electrons. The van der Waals surface area contributed by atoms with Gasteiger partial charge in [-0.25, -0.2) is 9.59 Å². The fraction of sp³-hybridized carbons (Fsp3) is 0.810. The van der Waals surface area contributed by atoms with Crippen molar-refractivity contribution in [3.8, 4) is 0 Å². The third-order valence-electron chi connectivity index (χ3n) is 4.22. The van der Waals surface area contributed by atoms with E-state index in [2.05, 4.69) is 13.8 Å². The molecule has 0 unspecified atom stereocenters. The number of hydrogen-bond donors (Lipinski definition) is 0. The lowest BCUT2D eigenvalue weighted by atomic mass is 9.96. The maximum Gasteiger partial charge on any atom is 0.334 e. The van der Waals surface area contributed by atoms with Gasteiger partial charge in [-0.05, 0) is 39.5 Å². The van der Waals surface area contributed by atoms with Gasteiger partial charge in [0.05, 0.1) is 13.2 Å². The molecule has 0 N–H and O–H groups in total. The Labute approximate surface area is 154 Å². The minimum Gasteiger partial charge on any atom is -0.463 e. The Morgan fingerprint density at radius 1 is 0.560 bits per heavy atom. The first kappa shape index (κ1) is 23.7. The Morgan fingerprint density at radius 2 is 0.920 bits per heavy atom. The van der Waals surface area contributed by atoms with Crippen molar-refractivity contribution in [2.75, 3.05) is 13.2 Å². The molecular formula is C21H38O4. The highest BCUT2D eigenvalue weighted by molar-refractivity contribution is 6.00. The summed E-state index contributed by atoms with van der Waals surface area (Å²) in [6, 6.07) is 0. The number of carbonyl (C=O) groups is 2. The molecule has 0 saturated carbocycles. The smallest absolute Gasteiger partial charge is 0.334 e. The van der Waals surface area contributed by atoms with Crippen LogP contribution >= 0.6 is 0 Å². The Kier molecular flexibility index (Phi) is 15.3. The second-order valence-corrected chi connectivity index (χ2v) is 6.37. The molecule has 0 amide bonds. The van der Waals surface area contributed by atoms with Gasteiger partial charge >= 0.3 is 11.9 Å². The van der Waals surface area contributed by atoms with Gasteiger partial charge in [-0.1, -0.05) is 58.8 Å². The highest BCUT2D eigenvalue weighted by Crippen LogP contribution is 2.22. The maximum absolute atomic E-state index is 12.4. The van der Waals surface area contributed by atoms with E-state index in [1.807, 2.05) is 0 Å². The minimum atomic E-state index is -0.351. The molecule has 0 aliphatic heterocycles. The third kappa shape index (κ3) is 11.0. The van der Waals surface area contributed by atoms with Crippen molar-refractivity contribution in [1.82, 2.24) is 0 Å². The van der Waals surface area contributed by atoms with Crippen LogP contribution in [0.1, 0.15) is 98.3 Å². The molecular weight excluding hydrogens is 316 g/mol. The van der Waals surface area contributed by atoms with E-state index in [0.717, 1.165) is 44.9 Å². The maximum atomic E-state index is 12.4. The molecule has 0 aromatic rings. The van der Waals surface area contributed by atoms with Gasteiger partial charge in [0.15, 0.2) is 0 Å². The molecule has 4 heteroatoms. The van der Waals surface area contributed by atoms with Gasteiger partial charge in [0, 0.05) is 11.1 Å². The van der Waals surface area contributed by atoms with Crippen molar-refractivity contribution in [3.05, 3.63) is 11.1 Å². The molecule has 0 aliphatic carbocycles. The number of hydrogen-bond acceptors (Lipinski definition) is 4. The zero-order valence-electron chi connectivity index (χ0n) is 16.8. The van der Waals surface area contributed by atoms with E-state index in [1.165, 1.54) is 12.8 Å². The first-order valence-corrected chi connectivity index (χ1v) is 10.2. The Hall–Kier alpha value is -1.32. The minimum absolute atomic E-state index is 0.323. The van der Waals surface area contributed by atoms with Crippen LogP contribution in [0.5, 0.6) is 0 Å². The van der Waals surface area contributed by atoms with E-state index in [-0.39, 0.29) is 11.9 Å². The molecule has 146 valence electrons. The lowest BCUT2D eigenvalue weighted by molar-refractivity contribution is -0.142. The van der Waals surface area contributed by atoms with Crippen molar-refractivity contribution in [1.29, 1.82) is 0 Å². The van der Waals surface area contributed by atoms with Crippen molar-refractivity contribution in [2.24, 2.45) is 0 Å². The molecule has 0 atom stereocenters. The molecule has 25 heavy (non-hydrogen) atoms. The molecule has 0 fully saturated rings. The largest absolute Gasteiger partial charge is 0.463 e. The van der Waals surface area contributed by atoms with Crippen LogP contribution in [0, 0.1) is 0 Å². The van der Waals surface area contributed by atoms with E-state index in [9.17, 15) is 9.59 Å². The van der Waals surface area contributed by atoms with E-state index < -0.39 is 0 Å². The second kappa shape index (κ2) is 16.2. The van der Waals surface area contributed by atoms with Gasteiger partial charge in [0.2, 0.25) is 0 Å². The van der Waals surface area contributed by atoms with Crippen molar-refractivity contribution in [2.45, 2.75) is 98.3 Å². The quantitative estimate of drug-likeness (QED) is 0.214. The van der Waals surface area contributed by atoms with Gasteiger partial charge in [0.25, 0.3) is 0 Å². The lowest BCUT2D eigenvalue weighted by Gasteiger charge is -2.14. The summed E-state index contributed by atoms with van der Waals surface area (Å²) >= 11 is 0. The molecule has 0 heterocycles. The molecule has 0 aromatic carbocycles. The molecule has 0 saturated heterocycles. The lowest BCUT2D eigenvalue weighted by Crippen LogP contribution is -2.17. The number of rotatable bonds is 15. The number of esters is 2. The summed E-state index contributed by atoms with van der Waals surface area (Å²) in [5.41, 5.74) is 1.07. The van der Waals surface area contributed by atoms with E-state index in [0.29, 0.717) is 37.2 Å². The zero-order chi connectivity index (χ0) is 18.9. The number of ether oxygens (including phenoxy) is 2. The van der Waals surface area contributed by atoms with Gasteiger partial charge < -0.3 is 9.47 Å². The summed E-state index contributed by atoms with van der Waals surface area (Å²) < 4.78 is 10.4. The number of carbonyl (C=O) groups excluding carboxylic acids is 2. The van der Waals surface area contributed by atoms with Crippen LogP contribution in [0.4, 0.5) is 0 Å². The van der Waals surface area contributed by atoms with Crippen LogP contribution in [0.25, 0.3) is 0 Å². The Morgan fingerprint density at radius 3 is 1.28 bits per heavy atom.